The Morgan fingerprint density at radius 1 is 0.737 bits per heavy atom. The monoisotopic (exact) mass is 362 g/mol. The van der Waals surface area contributed by atoms with E-state index < -0.39 is 0 Å². The molecule has 0 aromatic carbocycles. The Balaban J connectivity index is 2.11. The molecule has 0 nitrogen and oxygen atoms in total. The van der Waals surface area contributed by atoms with Crippen molar-refractivity contribution < 1.29 is 19.2 Å². The molecule has 0 spiro atoms. The van der Waals surface area contributed by atoms with Gasteiger partial charge < -0.3 is 0 Å². The maximum atomic E-state index is 2.52. The first-order valence-corrected chi connectivity index (χ1v) is 14.1. The van der Waals surface area contributed by atoms with Crippen LogP contribution in [-0.2, 0) is 19.2 Å². The van der Waals surface area contributed by atoms with Gasteiger partial charge in [0, 0.05) is 0 Å². The molecule has 0 aliphatic heterocycles. The molecular formula is C14H22P4Ti. The third kappa shape index (κ3) is 4.20. The van der Waals surface area contributed by atoms with Crippen molar-refractivity contribution in [2.75, 3.05) is 26.7 Å². The van der Waals surface area contributed by atoms with Gasteiger partial charge in [0.15, 0.2) is 0 Å². The molecule has 4 unspecified atom stereocenters. The fraction of sp³-hybridized carbons (Fsp3) is 0.429. The molecule has 4 atom stereocenters. The van der Waals surface area contributed by atoms with Crippen LogP contribution in [0.1, 0.15) is 12.8 Å². The number of allylic oxidation sites excluding steroid dienone is 8. The van der Waals surface area contributed by atoms with Gasteiger partial charge >= 0.3 is 134 Å². The Labute approximate surface area is 133 Å². The van der Waals surface area contributed by atoms with E-state index in [1.54, 1.807) is 21.3 Å². The third-order valence-corrected chi connectivity index (χ3v) is 10.5. The fourth-order valence-corrected chi connectivity index (χ4v) is 9.68. The summed E-state index contributed by atoms with van der Waals surface area (Å²) in [5, 5.41) is 6.83. The summed E-state index contributed by atoms with van der Waals surface area (Å²) in [5.74, 6) is 0. The van der Waals surface area contributed by atoms with Crippen LogP contribution < -0.4 is 0 Å². The van der Waals surface area contributed by atoms with E-state index in [4.69, 9.17) is 0 Å². The topological polar surface area (TPSA) is 0 Å². The average Bonchev–Trinajstić information content (AvgIpc) is 3.02. The summed E-state index contributed by atoms with van der Waals surface area (Å²) in [6.45, 7) is 9.36. The van der Waals surface area contributed by atoms with E-state index in [0.29, 0.717) is 0 Å². The molecule has 2 aliphatic rings. The van der Waals surface area contributed by atoms with Gasteiger partial charge in [-0.2, -0.15) is 0 Å². The second kappa shape index (κ2) is 8.14. The first kappa shape index (κ1) is 16.8. The van der Waals surface area contributed by atoms with Gasteiger partial charge in [0.2, 0.25) is 0 Å². The first-order chi connectivity index (χ1) is 9.21. The van der Waals surface area contributed by atoms with Crippen LogP contribution in [0, 0.1) is 0 Å². The molecule has 102 valence electrons. The average molecular weight is 362 g/mol. The quantitative estimate of drug-likeness (QED) is 0.444. The van der Waals surface area contributed by atoms with Gasteiger partial charge in [-0.15, -0.1) is 0 Å². The van der Waals surface area contributed by atoms with Crippen LogP contribution in [0.4, 0.5) is 0 Å². The molecule has 2 aliphatic carbocycles. The van der Waals surface area contributed by atoms with Crippen molar-refractivity contribution >= 4 is 34.3 Å². The molecule has 2 rings (SSSR count). The molecule has 19 heavy (non-hydrogen) atoms. The summed E-state index contributed by atoms with van der Waals surface area (Å²) in [6.07, 6.45) is 7.68. The zero-order valence-electron chi connectivity index (χ0n) is 12.1. The standard InChI is InChI=1S/2C7H11P2.Ti/c2*1-8-6-3-4-7(5-6)9-2;/h2*5,8-9H,3H2,1-2H3;. The Bertz CT molecular complexity index is 442. The van der Waals surface area contributed by atoms with Crippen LogP contribution >= 0.6 is 34.3 Å². The van der Waals surface area contributed by atoms with Gasteiger partial charge in [-0.05, 0) is 0 Å². The molecule has 0 aromatic heterocycles. The number of rotatable bonds is 6. The van der Waals surface area contributed by atoms with Crippen LogP contribution in [0.5, 0.6) is 0 Å². The summed E-state index contributed by atoms with van der Waals surface area (Å²) in [5.41, 5.74) is 0. The van der Waals surface area contributed by atoms with E-state index in [9.17, 15) is 0 Å². The summed E-state index contributed by atoms with van der Waals surface area (Å²) in [7, 11) is 4.00. The van der Waals surface area contributed by atoms with Crippen molar-refractivity contribution in [2.24, 2.45) is 0 Å². The van der Waals surface area contributed by atoms with E-state index in [-0.39, 0.29) is 19.2 Å². The van der Waals surface area contributed by atoms with E-state index in [1.807, 2.05) is 7.76 Å². The van der Waals surface area contributed by atoms with Crippen molar-refractivity contribution in [1.29, 1.82) is 0 Å². The Kier molecular flexibility index (Phi) is 7.18. The van der Waals surface area contributed by atoms with E-state index in [0.717, 1.165) is 34.3 Å². The van der Waals surface area contributed by atoms with Gasteiger partial charge in [0.25, 0.3) is 0 Å². The van der Waals surface area contributed by atoms with Gasteiger partial charge in [0.05, 0.1) is 0 Å². The molecule has 0 amide bonds. The third-order valence-electron chi connectivity index (χ3n) is 3.50. The molecule has 5 heteroatoms. The molecule has 0 aromatic rings. The van der Waals surface area contributed by atoms with Gasteiger partial charge in [-0.3, -0.25) is 0 Å². The normalized spacial score (nSPS) is 21.7. The number of hydrogen-bond donors (Lipinski definition) is 0. The van der Waals surface area contributed by atoms with Crippen molar-refractivity contribution in [3.05, 3.63) is 41.2 Å². The van der Waals surface area contributed by atoms with Crippen molar-refractivity contribution in [3.8, 4) is 0 Å². The summed E-state index contributed by atoms with van der Waals surface area (Å²) < 4.78 is 3.70. The molecular weight excluding hydrogens is 340 g/mol. The Hall–Kier alpha value is 1.39. The molecule has 0 fully saturated rings. The SMILES string of the molecule is CPC1=CC(PC)=[C]([Ti][C]2=C(PC)C=C(PC)C2)C1. The molecule has 0 saturated heterocycles. The van der Waals surface area contributed by atoms with Crippen LogP contribution in [-0.4, -0.2) is 26.7 Å². The minimum absolute atomic E-state index is 0.0162. The zero-order chi connectivity index (χ0) is 13.8. The summed E-state index contributed by atoms with van der Waals surface area (Å²) >= 11 is -0.0162. The van der Waals surface area contributed by atoms with Crippen molar-refractivity contribution in [3.63, 3.8) is 0 Å². The summed E-state index contributed by atoms with van der Waals surface area (Å²) in [4.78, 5) is 0. The molecule has 0 saturated carbocycles. The fourth-order valence-electron chi connectivity index (χ4n) is 2.37. The Morgan fingerprint density at radius 3 is 1.47 bits per heavy atom. The van der Waals surface area contributed by atoms with Gasteiger partial charge in [-0.25, -0.2) is 0 Å². The predicted molar refractivity (Wildman–Crippen MR) is 96.4 cm³/mol. The second-order valence-electron chi connectivity index (χ2n) is 4.60. The molecule has 0 N–H and O–H groups in total. The van der Waals surface area contributed by atoms with Crippen molar-refractivity contribution in [1.82, 2.24) is 0 Å². The van der Waals surface area contributed by atoms with E-state index in [2.05, 4.69) is 38.8 Å². The van der Waals surface area contributed by atoms with Gasteiger partial charge in [0.1, 0.15) is 0 Å². The second-order valence-corrected chi connectivity index (χ2v) is 11.2. The molecule has 0 heterocycles. The van der Waals surface area contributed by atoms with E-state index >= 15 is 0 Å². The predicted octanol–water partition coefficient (Wildman–Crippen LogP) is 5.30. The molecule has 0 bridgehead atoms. The zero-order valence-corrected chi connectivity index (χ0v) is 17.6. The van der Waals surface area contributed by atoms with E-state index in [1.165, 1.54) is 12.8 Å². The van der Waals surface area contributed by atoms with Crippen LogP contribution in [0.15, 0.2) is 41.2 Å². The van der Waals surface area contributed by atoms with Crippen LogP contribution in [0.2, 0.25) is 0 Å². The summed E-state index contributed by atoms with van der Waals surface area (Å²) in [6, 6.07) is 0. The number of hydrogen-bond acceptors (Lipinski definition) is 0. The van der Waals surface area contributed by atoms with Crippen LogP contribution in [0.25, 0.3) is 0 Å². The van der Waals surface area contributed by atoms with Gasteiger partial charge in [-0.1, -0.05) is 0 Å². The first-order valence-electron chi connectivity index (χ1n) is 6.57. The van der Waals surface area contributed by atoms with Crippen LogP contribution in [0.3, 0.4) is 0 Å². The molecule has 0 radical (unpaired) electrons. The minimum atomic E-state index is -0.0162. The van der Waals surface area contributed by atoms with Crippen molar-refractivity contribution in [2.45, 2.75) is 12.8 Å². The maximum absolute atomic E-state index is 2.52. The Morgan fingerprint density at radius 2 is 1.16 bits per heavy atom.